The maximum atomic E-state index is 11.7. The molecule has 108 valence electrons. The summed E-state index contributed by atoms with van der Waals surface area (Å²) in [5.41, 5.74) is 1.14. The van der Waals surface area contributed by atoms with Gasteiger partial charge in [0.05, 0.1) is 12.8 Å². The van der Waals surface area contributed by atoms with Gasteiger partial charge in [-0.2, -0.15) is 0 Å². The Morgan fingerprint density at radius 2 is 2.19 bits per heavy atom. The zero-order chi connectivity index (χ0) is 15.1. The fourth-order valence-corrected chi connectivity index (χ4v) is 1.67. The Balaban J connectivity index is 2.04. The molecule has 2 aromatic rings. The molecule has 0 aliphatic carbocycles. The smallest absolute Gasteiger partial charge is 0.357 e. The molecule has 6 heteroatoms. The Kier molecular flexibility index (Phi) is 4.87. The van der Waals surface area contributed by atoms with Crippen LogP contribution in [0.15, 0.2) is 55.1 Å². The van der Waals surface area contributed by atoms with Crippen molar-refractivity contribution < 1.29 is 9.53 Å². The second kappa shape index (κ2) is 7.04. The molecule has 2 rings (SSSR count). The van der Waals surface area contributed by atoms with Gasteiger partial charge in [0.2, 0.25) is 0 Å². The van der Waals surface area contributed by atoms with Gasteiger partial charge >= 0.3 is 5.97 Å². The summed E-state index contributed by atoms with van der Waals surface area (Å²) < 4.78 is 6.28. The Hall–Kier alpha value is -2.89. The number of carbonyl (C=O) groups excluding carboxylic acids is 1. The monoisotopic (exact) mass is 284 g/mol. The predicted octanol–water partition coefficient (Wildman–Crippen LogP) is 2.51. The Labute approximate surface area is 122 Å². The average Bonchev–Trinajstić information content (AvgIpc) is 2.98. The van der Waals surface area contributed by atoms with Crippen LogP contribution >= 0.6 is 0 Å². The number of aromatic nitrogens is 2. The normalized spacial score (nSPS) is 10.5. The number of nitrogens with one attached hydrogen (secondary N) is 2. The zero-order valence-electron chi connectivity index (χ0n) is 11.6. The van der Waals surface area contributed by atoms with E-state index in [4.69, 9.17) is 10.1 Å². The molecule has 0 aliphatic rings. The van der Waals surface area contributed by atoms with Gasteiger partial charge in [0.15, 0.2) is 5.69 Å². The number of allylic oxidation sites excluding steroid dienone is 1. The summed E-state index contributed by atoms with van der Waals surface area (Å²) in [6, 6.07) is 9.57. The van der Waals surface area contributed by atoms with Gasteiger partial charge in [0, 0.05) is 11.9 Å². The third kappa shape index (κ3) is 3.79. The highest BCUT2D eigenvalue weighted by molar-refractivity contribution is 5.98. The molecular weight excluding hydrogens is 268 g/mol. The standard InChI is InChI=1S/C15H16N4O2/c1-2-21-15(20)13-10-17-11-19(13)14(16)8-9-18-12-6-4-3-5-7-12/h3-11,16,18H,2H2,1H3/b9-8-,16-14?. The molecule has 0 bridgehead atoms. The molecule has 0 saturated heterocycles. The summed E-state index contributed by atoms with van der Waals surface area (Å²) in [7, 11) is 0. The van der Waals surface area contributed by atoms with Gasteiger partial charge in [-0.25, -0.2) is 9.78 Å². The Morgan fingerprint density at radius 3 is 2.90 bits per heavy atom. The van der Waals surface area contributed by atoms with Gasteiger partial charge in [-0.05, 0) is 25.1 Å². The lowest BCUT2D eigenvalue weighted by Crippen LogP contribution is -2.16. The van der Waals surface area contributed by atoms with E-state index in [9.17, 15) is 4.79 Å². The second-order valence-electron chi connectivity index (χ2n) is 4.10. The first-order valence-corrected chi connectivity index (χ1v) is 6.49. The van der Waals surface area contributed by atoms with E-state index in [2.05, 4.69) is 10.3 Å². The molecule has 2 N–H and O–H groups in total. The summed E-state index contributed by atoms with van der Waals surface area (Å²) in [5, 5.41) is 11.0. The molecular formula is C15H16N4O2. The fraction of sp³-hybridized carbons (Fsp3) is 0.133. The molecule has 1 heterocycles. The van der Waals surface area contributed by atoms with Crippen molar-refractivity contribution in [2.24, 2.45) is 0 Å². The van der Waals surface area contributed by atoms with Crippen molar-refractivity contribution in [3.05, 3.63) is 60.8 Å². The molecule has 0 spiro atoms. The minimum absolute atomic E-state index is 0.110. The van der Waals surface area contributed by atoms with E-state index >= 15 is 0 Å². The molecule has 0 saturated carbocycles. The molecule has 1 aromatic heterocycles. The number of carbonyl (C=O) groups is 1. The first-order chi connectivity index (χ1) is 10.2. The van der Waals surface area contributed by atoms with Crippen molar-refractivity contribution in [2.45, 2.75) is 6.92 Å². The van der Waals surface area contributed by atoms with Crippen LogP contribution < -0.4 is 5.32 Å². The number of ether oxygens (including phenoxy) is 1. The summed E-state index contributed by atoms with van der Waals surface area (Å²) in [4.78, 5) is 15.6. The quantitative estimate of drug-likeness (QED) is 0.502. The molecule has 0 radical (unpaired) electrons. The van der Waals surface area contributed by atoms with Gasteiger partial charge in [-0.1, -0.05) is 18.2 Å². The molecule has 0 fully saturated rings. The van der Waals surface area contributed by atoms with Crippen LogP contribution in [0, 0.1) is 5.41 Å². The molecule has 0 aliphatic heterocycles. The van der Waals surface area contributed by atoms with E-state index in [1.54, 1.807) is 13.1 Å². The largest absolute Gasteiger partial charge is 0.461 e. The van der Waals surface area contributed by atoms with E-state index in [1.165, 1.54) is 23.2 Å². The fourth-order valence-electron chi connectivity index (χ4n) is 1.67. The molecule has 0 unspecified atom stereocenters. The van der Waals surface area contributed by atoms with Crippen molar-refractivity contribution in [3.8, 4) is 0 Å². The third-order valence-electron chi connectivity index (χ3n) is 2.65. The van der Waals surface area contributed by atoms with Crippen LogP contribution in [0.2, 0.25) is 0 Å². The van der Waals surface area contributed by atoms with Gasteiger partial charge in [0.1, 0.15) is 12.2 Å². The molecule has 0 atom stereocenters. The maximum Gasteiger partial charge on any atom is 0.357 e. The van der Waals surface area contributed by atoms with Gasteiger partial charge in [-0.15, -0.1) is 0 Å². The van der Waals surface area contributed by atoms with Crippen LogP contribution in [0.25, 0.3) is 0 Å². The number of anilines is 1. The molecule has 0 amide bonds. The zero-order valence-corrected chi connectivity index (χ0v) is 11.6. The van der Waals surface area contributed by atoms with Gasteiger partial charge < -0.3 is 10.1 Å². The SMILES string of the molecule is CCOC(=O)c1cncn1C(=N)/C=C\Nc1ccccc1. The number of hydrogen-bond donors (Lipinski definition) is 2. The van der Waals surface area contributed by atoms with E-state index in [0.717, 1.165) is 5.69 Å². The molecule has 6 nitrogen and oxygen atoms in total. The number of hydrogen-bond acceptors (Lipinski definition) is 5. The number of para-hydroxylation sites is 1. The lowest BCUT2D eigenvalue weighted by atomic mass is 10.3. The number of esters is 1. The van der Waals surface area contributed by atoms with Crippen molar-refractivity contribution in [1.82, 2.24) is 9.55 Å². The van der Waals surface area contributed by atoms with Crippen LogP contribution in [0.4, 0.5) is 5.69 Å². The van der Waals surface area contributed by atoms with Crippen LogP contribution in [0.1, 0.15) is 17.4 Å². The van der Waals surface area contributed by atoms with Crippen molar-refractivity contribution >= 4 is 17.5 Å². The number of rotatable bonds is 5. The van der Waals surface area contributed by atoms with Crippen molar-refractivity contribution in [3.63, 3.8) is 0 Å². The minimum Gasteiger partial charge on any atom is -0.461 e. The van der Waals surface area contributed by atoms with Gasteiger partial charge in [0.25, 0.3) is 0 Å². The topological polar surface area (TPSA) is 80.0 Å². The lowest BCUT2D eigenvalue weighted by Gasteiger charge is -2.06. The van der Waals surface area contributed by atoms with E-state index in [0.29, 0.717) is 0 Å². The summed E-state index contributed by atoms with van der Waals surface area (Å²) in [6.07, 6.45) is 5.95. The van der Waals surface area contributed by atoms with Crippen LogP contribution in [0.5, 0.6) is 0 Å². The predicted molar refractivity (Wildman–Crippen MR) is 80.5 cm³/mol. The third-order valence-corrected chi connectivity index (χ3v) is 2.65. The van der Waals surface area contributed by atoms with Gasteiger partial charge in [-0.3, -0.25) is 9.98 Å². The molecule has 1 aromatic carbocycles. The minimum atomic E-state index is -0.496. The van der Waals surface area contributed by atoms with E-state index < -0.39 is 5.97 Å². The first kappa shape index (κ1) is 14.5. The Morgan fingerprint density at radius 1 is 1.43 bits per heavy atom. The van der Waals surface area contributed by atoms with Crippen LogP contribution in [-0.4, -0.2) is 28.0 Å². The summed E-state index contributed by atoms with van der Waals surface area (Å²) in [6.45, 7) is 2.01. The first-order valence-electron chi connectivity index (χ1n) is 6.49. The highest BCUT2D eigenvalue weighted by Gasteiger charge is 2.14. The second-order valence-corrected chi connectivity index (χ2v) is 4.10. The summed E-state index contributed by atoms with van der Waals surface area (Å²) >= 11 is 0. The van der Waals surface area contributed by atoms with E-state index in [1.807, 2.05) is 30.3 Å². The highest BCUT2D eigenvalue weighted by atomic mass is 16.5. The highest BCUT2D eigenvalue weighted by Crippen LogP contribution is 2.05. The van der Waals surface area contributed by atoms with Crippen LogP contribution in [0.3, 0.4) is 0 Å². The maximum absolute atomic E-state index is 11.7. The number of benzene rings is 1. The van der Waals surface area contributed by atoms with Crippen LogP contribution in [-0.2, 0) is 4.74 Å². The summed E-state index contributed by atoms with van der Waals surface area (Å²) in [5.74, 6) is -0.386. The number of imidazole rings is 1. The molecule has 21 heavy (non-hydrogen) atoms. The van der Waals surface area contributed by atoms with E-state index in [-0.39, 0.29) is 18.1 Å². The Bertz CT molecular complexity index is 647. The lowest BCUT2D eigenvalue weighted by molar-refractivity contribution is 0.0517. The average molecular weight is 284 g/mol. The van der Waals surface area contributed by atoms with Crippen molar-refractivity contribution in [1.29, 1.82) is 5.41 Å². The van der Waals surface area contributed by atoms with Crippen molar-refractivity contribution in [2.75, 3.05) is 11.9 Å². The number of nitrogens with zero attached hydrogens (tertiary/aromatic N) is 2.